The average Bonchev–Trinajstić information content (AvgIpc) is 3.34. The molecule has 0 spiro atoms. The van der Waals surface area contributed by atoms with E-state index in [0.29, 0.717) is 37.4 Å². The molecule has 0 amide bonds. The second kappa shape index (κ2) is 6.21. The van der Waals surface area contributed by atoms with Gasteiger partial charge in [-0.2, -0.15) is 4.31 Å². The van der Waals surface area contributed by atoms with Gasteiger partial charge in [0.05, 0.1) is 16.5 Å². The van der Waals surface area contributed by atoms with E-state index in [9.17, 15) is 8.42 Å². The molecule has 9 heteroatoms. The van der Waals surface area contributed by atoms with E-state index in [1.807, 2.05) is 28.9 Å². The molecule has 5 rings (SSSR count). The first-order valence-corrected chi connectivity index (χ1v) is 10.3. The Hall–Kier alpha value is -2.65. The van der Waals surface area contributed by atoms with Gasteiger partial charge in [-0.05, 0) is 37.1 Å². The van der Waals surface area contributed by atoms with Crippen molar-refractivity contribution >= 4 is 21.1 Å². The first-order chi connectivity index (χ1) is 13.1. The molecular formula is C18H18N4O4S. The van der Waals surface area contributed by atoms with E-state index >= 15 is 0 Å². The van der Waals surface area contributed by atoms with Gasteiger partial charge in [0.1, 0.15) is 5.52 Å². The number of fused-ring (bicyclic) bond motifs is 2. The van der Waals surface area contributed by atoms with Crippen molar-refractivity contribution in [2.24, 2.45) is 0 Å². The topological polar surface area (TPSA) is 86.6 Å². The minimum atomic E-state index is -3.57. The monoisotopic (exact) mass is 386 g/mol. The van der Waals surface area contributed by atoms with Gasteiger partial charge in [0.15, 0.2) is 11.5 Å². The number of rotatable bonds is 3. The normalized spacial score (nSPS) is 18.2. The zero-order valence-electron chi connectivity index (χ0n) is 14.5. The first kappa shape index (κ1) is 16.5. The number of benzene rings is 2. The Morgan fingerprint density at radius 1 is 1.00 bits per heavy atom. The van der Waals surface area contributed by atoms with Gasteiger partial charge in [0.2, 0.25) is 16.8 Å². The standard InChI is InChI=1S/C18H18N4O4S/c23-27(24,14-5-6-17-18(11-14)26-12-25-17)21-9-7-13(8-10-21)22-16-4-2-1-3-15(16)19-20-22/h1-6,11,13H,7-10,12H2. The Morgan fingerprint density at radius 2 is 1.78 bits per heavy atom. The molecule has 1 aromatic heterocycles. The summed E-state index contributed by atoms with van der Waals surface area (Å²) in [5.74, 6) is 1.05. The van der Waals surface area contributed by atoms with E-state index in [2.05, 4.69) is 10.3 Å². The predicted octanol–water partition coefficient (Wildman–Crippen LogP) is 2.19. The molecule has 27 heavy (non-hydrogen) atoms. The summed E-state index contributed by atoms with van der Waals surface area (Å²) < 4.78 is 40.0. The first-order valence-electron chi connectivity index (χ1n) is 8.83. The number of hydrogen-bond donors (Lipinski definition) is 0. The van der Waals surface area contributed by atoms with Crippen LogP contribution in [0.4, 0.5) is 0 Å². The fraction of sp³-hybridized carbons (Fsp3) is 0.333. The maximum Gasteiger partial charge on any atom is 0.243 e. The molecule has 140 valence electrons. The molecular weight excluding hydrogens is 368 g/mol. The van der Waals surface area contributed by atoms with Crippen LogP contribution in [0.15, 0.2) is 47.4 Å². The lowest BCUT2D eigenvalue weighted by Crippen LogP contribution is -2.39. The number of aromatic nitrogens is 3. The number of hydrogen-bond acceptors (Lipinski definition) is 6. The molecule has 2 aliphatic heterocycles. The number of para-hydroxylation sites is 1. The molecule has 1 saturated heterocycles. The van der Waals surface area contributed by atoms with Gasteiger partial charge in [-0.25, -0.2) is 13.1 Å². The lowest BCUT2D eigenvalue weighted by molar-refractivity contribution is 0.174. The van der Waals surface area contributed by atoms with E-state index < -0.39 is 10.0 Å². The largest absolute Gasteiger partial charge is 0.454 e. The highest BCUT2D eigenvalue weighted by atomic mass is 32.2. The Kier molecular flexibility index (Phi) is 3.80. The van der Waals surface area contributed by atoms with E-state index in [-0.39, 0.29) is 17.7 Å². The van der Waals surface area contributed by atoms with Gasteiger partial charge < -0.3 is 9.47 Å². The minimum Gasteiger partial charge on any atom is -0.454 e. The fourth-order valence-corrected chi connectivity index (χ4v) is 5.16. The second-order valence-corrected chi connectivity index (χ2v) is 8.61. The highest BCUT2D eigenvalue weighted by Gasteiger charge is 2.32. The highest BCUT2D eigenvalue weighted by molar-refractivity contribution is 7.89. The lowest BCUT2D eigenvalue weighted by Gasteiger charge is -2.31. The molecule has 3 aromatic rings. The van der Waals surface area contributed by atoms with E-state index in [0.717, 1.165) is 11.0 Å². The van der Waals surface area contributed by atoms with E-state index in [1.54, 1.807) is 12.1 Å². The van der Waals surface area contributed by atoms with Gasteiger partial charge in [-0.1, -0.05) is 17.3 Å². The fourth-order valence-electron chi connectivity index (χ4n) is 3.67. The van der Waals surface area contributed by atoms with Crippen molar-refractivity contribution in [2.75, 3.05) is 19.9 Å². The third-order valence-electron chi connectivity index (χ3n) is 5.13. The van der Waals surface area contributed by atoms with Crippen LogP contribution in [0.25, 0.3) is 11.0 Å². The summed E-state index contributed by atoms with van der Waals surface area (Å²) in [5, 5.41) is 8.47. The maximum absolute atomic E-state index is 13.0. The maximum atomic E-state index is 13.0. The molecule has 3 heterocycles. The number of nitrogens with zero attached hydrogens (tertiary/aromatic N) is 4. The van der Waals surface area contributed by atoms with E-state index in [4.69, 9.17) is 9.47 Å². The number of piperidine rings is 1. The highest BCUT2D eigenvalue weighted by Crippen LogP contribution is 2.35. The van der Waals surface area contributed by atoms with Gasteiger partial charge in [0, 0.05) is 19.2 Å². The van der Waals surface area contributed by atoms with Crippen LogP contribution in [0, 0.1) is 0 Å². The lowest BCUT2D eigenvalue weighted by atomic mass is 10.1. The van der Waals surface area contributed by atoms with Crippen LogP contribution in [0.3, 0.4) is 0 Å². The zero-order valence-corrected chi connectivity index (χ0v) is 15.3. The smallest absolute Gasteiger partial charge is 0.243 e. The molecule has 0 unspecified atom stereocenters. The summed E-state index contributed by atoms with van der Waals surface area (Å²) in [7, 11) is -3.57. The molecule has 0 bridgehead atoms. The summed E-state index contributed by atoms with van der Waals surface area (Å²) >= 11 is 0. The quantitative estimate of drug-likeness (QED) is 0.686. The van der Waals surface area contributed by atoms with Crippen molar-refractivity contribution in [1.82, 2.24) is 19.3 Å². The second-order valence-electron chi connectivity index (χ2n) is 6.67. The summed E-state index contributed by atoms with van der Waals surface area (Å²) in [6.45, 7) is 1.00. The number of ether oxygens (including phenoxy) is 2. The average molecular weight is 386 g/mol. The third kappa shape index (κ3) is 2.74. The summed E-state index contributed by atoms with van der Waals surface area (Å²) in [6, 6.07) is 12.7. The van der Waals surface area contributed by atoms with Crippen molar-refractivity contribution in [2.45, 2.75) is 23.8 Å². The molecule has 0 atom stereocenters. The van der Waals surface area contributed by atoms with Crippen LogP contribution in [-0.2, 0) is 10.0 Å². The molecule has 1 fully saturated rings. The Morgan fingerprint density at radius 3 is 2.63 bits per heavy atom. The van der Waals surface area contributed by atoms with Crippen molar-refractivity contribution in [3.8, 4) is 11.5 Å². The van der Waals surface area contributed by atoms with Crippen LogP contribution in [0.2, 0.25) is 0 Å². The Bertz CT molecular complexity index is 1100. The van der Waals surface area contributed by atoms with Crippen molar-refractivity contribution in [3.05, 3.63) is 42.5 Å². The molecule has 0 saturated carbocycles. The van der Waals surface area contributed by atoms with Gasteiger partial charge in [0.25, 0.3) is 0 Å². The van der Waals surface area contributed by atoms with Crippen LogP contribution in [-0.4, -0.2) is 47.6 Å². The van der Waals surface area contributed by atoms with Crippen molar-refractivity contribution < 1.29 is 17.9 Å². The molecule has 2 aliphatic rings. The SMILES string of the molecule is O=S(=O)(c1ccc2c(c1)OCO2)N1CCC(n2nnc3ccccc32)CC1. The third-order valence-corrected chi connectivity index (χ3v) is 7.02. The Balaban J connectivity index is 1.35. The van der Waals surface area contributed by atoms with Crippen LogP contribution < -0.4 is 9.47 Å². The molecule has 8 nitrogen and oxygen atoms in total. The minimum absolute atomic E-state index is 0.121. The number of sulfonamides is 1. The van der Waals surface area contributed by atoms with Crippen LogP contribution in [0.1, 0.15) is 18.9 Å². The van der Waals surface area contributed by atoms with E-state index in [1.165, 1.54) is 10.4 Å². The van der Waals surface area contributed by atoms with Crippen LogP contribution in [0.5, 0.6) is 11.5 Å². The van der Waals surface area contributed by atoms with Gasteiger partial charge >= 0.3 is 0 Å². The molecule has 2 aromatic carbocycles. The molecule has 0 aliphatic carbocycles. The zero-order chi connectivity index (χ0) is 18.4. The predicted molar refractivity (Wildman–Crippen MR) is 97.1 cm³/mol. The summed E-state index contributed by atoms with van der Waals surface area (Å²) in [4.78, 5) is 0.233. The van der Waals surface area contributed by atoms with Gasteiger partial charge in [-0.3, -0.25) is 0 Å². The summed E-state index contributed by atoms with van der Waals surface area (Å²) in [5.41, 5.74) is 1.84. The van der Waals surface area contributed by atoms with Crippen molar-refractivity contribution in [3.63, 3.8) is 0 Å². The molecule has 0 radical (unpaired) electrons. The Labute approximate surface area is 156 Å². The van der Waals surface area contributed by atoms with Crippen molar-refractivity contribution in [1.29, 1.82) is 0 Å². The van der Waals surface area contributed by atoms with Gasteiger partial charge in [-0.15, -0.1) is 5.10 Å². The molecule has 0 N–H and O–H groups in total. The van der Waals surface area contributed by atoms with Crippen LogP contribution >= 0.6 is 0 Å². The summed E-state index contributed by atoms with van der Waals surface area (Å²) in [6.07, 6.45) is 1.38.